The van der Waals surface area contributed by atoms with E-state index in [4.69, 9.17) is 0 Å². The highest BCUT2D eigenvalue weighted by atomic mass is 16.3. The highest BCUT2D eigenvalue weighted by Crippen LogP contribution is 2.61. The first-order valence-electron chi connectivity index (χ1n) is 8.89. The molecular weight excluding hydrogens is 276 g/mol. The maximum Gasteiger partial charge on any atom is 0.0793 e. The molecule has 4 rings (SSSR count). The van der Waals surface area contributed by atoms with E-state index in [0.29, 0.717) is 24.2 Å². The van der Waals surface area contributed by atoms with E-state index in [-0.39, 0.29) is 17.6 Å². The van der Waals surface area contributed by atoms with E-state index in [1.165, 1.54) is 16.7 Å². The monoisotopic (exact) mass is 304 g/mol. The van der Waals surface area contributed by atoms with Crippen molar-refractivity contribution in [3.05, 3.63) is 22.8 Å². The van der Waals surface area contributed by atoms with Crippen LogP contribution in [0.5, 0.6) is 0 Å². The summed E-state index contributed by atoms with van der Waals surface area (Å²) in [7, 11) is 0. The standard InChI is InChI=1S/C19H28O3/c1-10-16(21)9-15-18-14(5-6-19(10,15)2)13-4-3-12(20)7-11(13)8-17(18)22/h7,10,12-13,15-17,20-22H,3-6,8-9H2,1-2H3/t10-,12-,13?,15?,16+,17-,19+/m0/s1. The predicted octanol–water partition coefficient (Wildman–Crippen LogP) is 2.56. The van der Waals surface area contributed by atoms with Crippen LogP contribution in [0.25, 0.3) is 0 Å². The van der Waals surface area contributed by atoms with Gasteiger partial charge in [0, 0.05) is 5.92 Å². The van der Waals surface area contributed by atoms with Gasteiger partial charge in [-0.25, -0.2) is 0 Å². The van der Waals surface area contributed by atoms with Crippen LogP contribution in [0.4, 0.5) is 0 Å². The highest BCUT2D eigenvalue weighted by molar-refractivity contribution is 5.41. The molecule has 3 heteroatoms. The molecule has 0 aliphatic heterocycles. The quantitative estimate of drug-likeness (QED) is 0.603. The van der Waals surface area contributed by atoms with Crippen molar-refractivity contribution in [1.29, 1.82) is 0 Å². The molecule has 4 aliphatic rings. The van der Waals surface area contributed by atoms with Crippen molar-refractivity contribution in [2.75, 3.05) is 0 Å². The van der Waals surface area contributed by atoms with Gasteiger partial charge in [0.1, 0.15) is 0 Å². The second-order valence-corrected chi connectivity index (χ2v) is 8.29. The molecule has 0 heterocycles. The number of aliphatic hydroxyl groups is 3. The van der Waals surface area contributed by atoms with Gasteiger partial charge in [-0.2, -0.15) is 0 Å². The Morgan fingerprint density at radius 2 is 1.95 bits per heavy atom. The Hall–Kier alpha value is -0.640. The molecule has 4 aliphatic carbocycles. The molecule has 3 N–H and O–H groups in total. The van der Waals surface area contributed by atoms with E-state index in [1.807, 2.05) is 6.08 Å². The maximum absolute atomic E-state index is 10.8. The van der Waals surface area contributed by atoms with E-state index >= 15 is 0 Å². The number of aliphatic hydroxyl groups excluding tert-OH is 3. The number of fused-ring (bicyclic) bond motifs is 4. The molecule has 22 heavy (non-hydrogen) atoms. The Bertz CT molecular complexity index is 549. The summed E-state index contributed by atoms with van der Waals surface area (Å²) in [6, 6.07) is 0. The summed E-state index contributed by atoms with van der Waals surface area (Å²) in [4.78, 5) is 0. The average molecular weight is 304 g/mol. The molecule has 0 spiro atoms. The zero-order valence-electron chi connectivity index (χ0n) is 13.6. The molecule has 0 aromatic heterocycles. The van der Waals surface area contributed by atoms with Crippen LogP contribution in [0.3, 0.4) is 0 Å². The van der Waals surface area contributed by atoms with Crippen LogP contribution >= 0.6 is 0 Å². The molecular formula is C19H28O3. The first-order chi connectivity index (χ1) is 10.4. The SMILES string of the molecule is C[C@H]1[C@H](O)CC2C3=C(CC[C@@]21C)C1CC[C@H](O)C=C1C[C@@H]3O. The van der Waals surface area contributed by atoms with E-state index < -0.39 is 6.10 Å². The number of allylic oxidation sites excluding steroid dienone is 1. The average Bonchev–Trinajstić information content (AvgIpc) is 2.70. The van der Waals surface area contributed by atoms with E-state index in [1.54, 1.807) is 0 Å². The van der Waals surface area contributed by atoms with Gasteiger partial charge in [-0.15, -0.1) is 0 Å². The summed E-state index contributed by atoms with van der Waals surface area (Å²) in [5.41, 5.74) is 4.09. The minimum absolute atomic E-state index is 0.134. The lowest BCUT2D eigenvalue weighted by atomic mass is 9.57. The summed E-state index contributed by atoms with van der Waals surface area (Å²) in [6.45, 7) is 4.48. The zero-order chi connectivity index (χ0) is 15.6. The fourth-order valence-corrected chi connectivity index (χ4v) is 5.86. The molecule has 0 aromatic carbocycles. The van der Waals surface area contributed by atoms with Crippen LogP contribution in [0, 0.1) is 23.2 Å². The molecule has 0 radical (unpaired) electrons. The van der Waals surface area contributed by atoms with Crippen molar-refractivity contribution in [3.8, 4) is 0 Å². The van der Waals surface area contributed by atoms with Crippen molar-refractivity contribution in [2.24, 2.45) is 23.2 Å². The predicted molar refractivity (Wildman–Crippen MR) is 85.1 cm³/mol. The third-order valence-electron chi connectivity index (χ3n) is 7.38. The second kappa shape index (κ2) is 4.93. The van der Waals surface area contributed by atoms with Crippen LogP contribution in [0.2, 0.25) is 0 Å². The molecule has 2 unspecified atom stereocenters. The van der Waals surface area contributed by atoms with Gasteiger partial charge in [0.15, 0.2) is 0 Å². The van der Waals surface area contributed by atoms with E-state index in [0.717, 1.165) is 32.1 Å². The first kappa shape index (κ1) is 14.9. The largest absolute Gasteiger partial charge is 0.393 e. The summed E-state index contributed by atoms with van der Waals surface area (Å²) >= 11 is 0. The molecule has 3 nitrogen and oxygen atoms in total. The van der Waals surface area contributed by atoms with Crippen LogP contribution in [0.15, 0.2) is 22.8 Å². The van der Waals surface area contributed by atoms with Crippen molar-refractivity contribution in [3.63, 3.8) is 0 Å². The van der Waals surface area contributed by atoms with Gasteiger partial charge in [-0.05, 0) is 61.3 Å². The lowest BCUT2D eigenvalue weighted by Crippen LogP contribution is -2.41. The Balaban J connectivity index is 1.77. The van der Waals surface area contributed by atoms with Gasteiger partial charge in [-0.3, -0.25) is 0 Å². The molecule has 1 fully saturated rings. The van der Waals surface area contributed by atoms with Gasteiger partial charge < -0.3 is 15.3 Å². The fourth-order valence-electron chi connectivity index (χ4n) is 5.86. The van der Waals surface area contributed by atoms with Gasteiger partial charge in [-0.1, -0.05) is 31.1 Å². The Morgan fingerprint density at radius 3 is 2.73 bits per heavy atom. The summed E-state index contributed by atoms with van der Waals surface area (Å²) in [5.74, 6) is 1.09. The van der Waals surface area contributed by atoms with E-state index in [9.17, 15) is 15.3 Å². The van der Waals surface area contributed by atoms with Crippen molar-refractivity contribution < 1.29 is 15.3 Å². The van der Waals surface area contributed by atoms with Gasteiger partial charge >= 0.3 is 0 Å². The van der Waals surface area contributed by atoms with Crippen LogP contribution in [-0.4, -0.2) is 33.6 Å². The molecule has 122 valence electrons. The highest BCUT2D eigenvalue weighted by Gasteiger charge is 2.55. The Labute approximate surface area is 132 Å². The van der Waals surface area contributed by atoms with E-state index in [2.05, 4.69) is 13.8 Å². The summed E-state index contributed by atoms with van der Waals surface area (Å²) in [5, 5.41) is 31.1. The first-order valence-corrected chi connectivity index (χ1v) is 8.89. The van der Waals surface area contributed by atoms with Crippen molar-refractivity contribution in [2.45, 2.75) is 70.7 Å². The lowest BCUT2D eigenvalue weighted by Gasteiger charge is -2.48. The third-order valence-corrected chi connectivity index (χ3v) is 7.38. The minimum Gasteiger partial charge on any atom is -0.393 e. The third kappa shape index (κ3) is 1.92. The topological polar surface area (TPSA) is 60.7 Å². The molecule has 0 saturated heterocycles. The molecule has 1 saturated carbocycles. The smallest absolute Gasteiger partial charge is 0.0793 e. The van der Waals surface area contributed by atoms with Crippen LogP contribution in [-0.2, 0) is 0 Å². The van der Waals surface area contributed by atoms with Crippen LogP contribution < -0.4 is 0 Å². The number of hydrogen-bond donors (Lipinski definition) is 3. The number of rotatable bonds is 0. The zero-order valence-corrected chi connectivity index (χ0v) is 13.6. The Kier molecular flexibility index (Phi) is 3.34. The summed E-state index contributed by atoms with van der Waals surface area (Å²) in [6.07, 6.45) is 6.51. The van der Waals surface area contributed by atoms with Gasteiger partial charge in [0.2, 0.25) is 0 Å². The van der Waals surface area contributed by atoms with Crippen molar-refractivity contribution >= 4 is 0 Å². The number of hydrogen-bond acceptors (Lipinski definition) is 3. The molecule has 7 atom stereocenters. The van der Waals surface area contributed by atoms with Gasteiger partial charge in [0.25, 0.3) is 0 Å². The van der Waals surface area contributed by atoms with Gasteiger partial charge in [0.05, 0.1) is 18.3 Å². The van der Waals surface area contributed by atoms with Crippen molar-refractivity contribution in [1.82, 2.24) is 0 Å². The minimum atomic E-state index is -0.412. The molecule has 0 bridgehead atoms. The maximum atomic E-state index is 10.8. The molecule has 0 aromatic rings. The summed E-state index contributed by atoms with van der Waals surface area (Å²) < 4.78 is 0. The fraction of sp³-hybridized carbons (Fsp3) is 0.789. The van der Waals surface area contributed by atoms with Crippen LogP contribution in [0.1, 0.15) is 52.4 Å². The lowest BCUT2D eigenvalue weighted by molar-refractivity contribution is 0.0737. The second-order valence-electron chi connectivity index (χ2n) is 8.29. The normalized spacial score (nSPS) is 51.0. The Morgan fingerprint density at radius 1 is 1.18 bits per heavy atom. The molecule has 0 amide bonds.